The van der Waals surface area contributed by atoms with Crippen molar-refractivity contribution in [3.8, 4) is 5.75 Å². The molecular formula is C19H24N2O2S. The molecular weight excluding hydrogens is 320 g/mol. The van der Waals surface area contributed by atoms with Gasteiger partial charge in [-0.1, -0.05) is 12.1 Å². The second-order valence-electron chi connectivity index (χ2n) is 6.23. The maximum absolute atomic E-state index is 12.4. The lowest BCUT2D eigenvalue weighted by atomic mass is 9.97. The van der Waals surface area contributed by atoms with Crippen LogP contribution in [0.1, 0.15) is 40.7 Å². The third-order valence-electron chi connectivity index (χ3n) is 4.75. The zero-order valence-corrected chi connectivity index (χ0v) is 15.2. The number of nitrogens with one attached hydrogen (secondary N) is 1. The summed E-state index contributed by atoms with van der Waals surface area (Å²) in [5.74, 6) is 0.527. The first-order chi connectivity index (χ1) is 11.6. The van der Waals surface area contributed by atoms with Gasteiger partial charge in [0.05, 0.1) is 12.7 Å². The summed E-state index contributed by atoms with van der Waals surface area (Å²) in [5.41, 5.74) is 2.06. The summed E-state index contributed by atoms with van der Waals surface area (Å²) >= 11 is 1.84. The number of hydrogen-bond acceptors (Lipinski definition) is 4. The van der Waals surface area contributed by atoms with E-state index in [9.17, 15) is 4.79 Å². The van der Waals surface area contributed by atoms with Gasteiger partial charge in [-0.3, -0.25) is 9.69 Å². The van der Waals surface area contributed by atoms with Crippen LogP contribution in [-0.2, 0) is 6.42 Å². The third kappa shape index (κ3) is 3.32. The summed E-state index contributed by atoms with van der Waals surface area (Å²) < 4.78 is 5.26. The second kappa shape index (κ2) is 7.36. The molecule has 1 aliphatic heterocycles. The Balaban J connectivity index is 1.59. The van der Waals surface area contributed by atoms with Gasteiger partial charge in [-0.2, -0.15) is 0 Å². The van der Waals surface area contributed by atoms with Crippen molar-refractivity contribution in [2.24, 2.45) is 0 Å². The topological polar surface area (TPSA) is 41.6 Å². The zero-order valence-electron chi connectivity index (χ0n) is 14.4. The van der Waals surface area contributed by atoms with Crippen LogP contribution >= 0.6 is 11.3 Å². The molecule has 4 nitrogen and oxygen atoms in total. The van der Waals surface area contributed by atoms with Gasteiger partial charge < -0.3 is 10.1 Å². The minimum Gasteiger partial charge on any atom is -0.496 e. The molecule has 2 atom stereocenters. The van der Waals surface area contributed by atoms with Crippen LogP contribution in [0.5, 0.6) is 5.75 Å². The van der Waals surface area contributed by atoms with Crippen molar-refractivity contribution in [3.63, 3.8) is 0 Å². The van der Waals surface area contributed by atoms with Crippen LogP contribution in [0.3, 0.4) is 0 Å². The Bertz CT molecular complexity index is 713. The van der Waals surface area contributed by atoms with E-state index in [-0.39, 0.29) is 5.91 Å². The predicted octanol–water partition coefficient (Wildman–Crippen LogP) is 3.49. The highest BCUT2D eigenvalue weighted by Crippen LogP contribution is 2.35. The lowest BCUT2D eigenvalue weighted by Gasteiger charge is -2.38. The van der Waals surface area contributed by atoms with Crippen LogP contribution in [0.15, 0.2) is 35.7 Å². The molecule has 0 saturated heterocycles. The van der Waals surface area contributed by atoms with Crippen LogP contribution in [0, 0.1) is 0 Å². The maximum atomic E-state index is 12.4. The molecule has 1 aliphatic rings. The van der Waals surface area contributed by atoms with Crippen molar-refractivity contribution in [2.45, 2.75) is 32.4 Å². The largest absolute Gasteiger partial charge is 0.496 e. The van der Waals surface area contributed by atoms with E-state index in [2.05, 4.69) is 35.5 Å². The average molecular weight is 344 g/mol. The van der Waals surface area contributed by atoms with E-state index >= 15 is 0 Å². The molecule has 24 heavy (non-hydrogen) atoms. The lowest BCUT2D eigenvalue weighted by molar-refractivity contribution is 0.0927. The Morgan fingerprint density at radius 2 is 2.12 bits per heavy atom. The summed E-state index contributed by atoms with van der Waals surface area (Å²) in [6.45, 7) is 6.00. The van der Waals surface area contributed by atoms with Crippen LogP contribution in [0.4, 0.5) is 0 Å². The normalized spacial score (nSPS) is 20.5. The maximum Gasteiger partial charge on any atom is 0.255 e. The minimum atomic E-state index is -0.0819. The van der Waals surface area contributed by atoms with E-state index < -0.39 is 0 Å². The number of benzene rings is 1. The van der Waals surface area contributed by atoms with Crippen molar-refractivity contribution < 1.29 is 9.53 Å². The number of hydrogen-bond donors (Lipinski definition) is 1. The highest BCUT2D eigenvalue weighted by atomic mass is 32.1. The number of ether oxygens (including phenoxy) is 1. The number of methoxy groups -OCH3 is 1. The Morgan fingerprint density at radius 1 is 1.33 bits per heavy atom. The summed E-state index contributed by atoms with van der Waals surface area (Å²) in [6.07, 6.45) is 1.09. The van der Waals surface area contributed by atoms with Gasteiger partial charge in [0.1, 0.15) is 5.75 Å². The van der Waals surface area contributed by atoms with Gasteiger partial charge in [-0.25, -0.2) is 0 Å². The molecule has 5 heteroatoms. The third-order valence-corrected chi connectivity index (χ3v) is 5.88. The summed E-state index contributed by atoms with van der Waals surface area (Å²) in [4.78, 5) is 16.3. The molecule has 0 fully saturated rings. The van der Waals surface area contributed by atoms with Crippen LogP contribution in [0.25, 0.3) is 0 Å². The fraction of sp³-hybridized carbons (Fsp3) is 0.421. The fourth-order valence-corrected chi connectivity index (χ4v) is 4.50. The molecule has 0 aliphatic carbocycles. The Morgan fingerprint density at radius 3 is 2.92 bits per heavy atom. The van der Waals surface area contributed by atoms with Crippen molar-refractivity contribution in [1.29, 1.82) is 0 Å². The summed E-state index contributed by atoms with van der Waals surface area (Å²) in [6, 6.07) is 10.5. The Kier molecular flexibility index (Phi) is 5.21. The number of fused-ring (bicyclic) bond motifs is 1. The van der Waals surface area contributed by atoms with Crippen LogP contribution in [0.2, 0.25) is 0 Å². The van der Waals surface area contributed by atoms with Crippen molar-refractivity contribution in [2.75, 3.05) is 20.2 Å². The highest BCUT2D eigenvalue weighted by Gasteiger charge is 2.29. The number of nitrogens with zero attached hydrogens (tertiary/aromatic N) is 1. The monoisotopic (exact) mass is 344 g/mol. The van der Waals surface area contributed by atoms with Crippen LogP contribution in [-0.4, -0.2) is 37.0 Å². The quantitative estimate of drug-likeness (QED) is 0.903. The number of amides is 1. The standard InChI is InChI=1S/C19H24N2O2S/c1-13-12-15-8-11-24-18(15)14(2)21(13)10-9-20-19(22)16-6-4-5-7-17(16)23-3/h4-8,11,13-14H,9-10,12H2,1-3H3,(H,20,22). The zero-order chi connectivity index (χ0) is 17.1. The molecule has 3 rings (SSSR count). The molecule has 0 radical (unpaired) electrons. The molecule has 1 aromatic carbocycles. The highest BCUT2D eigenvalue weighted by molar-refractivity contribution is 7.10. The molecule has 0 saturated carbocycles. The van der Waals surface area contributed by atoms with E-state index in [4.69, 9.17) is 4.74 Å². The van der Waals surface area contributed by atoms with E-state index in [0.29, 0.717) is 29.9 Å². The molecule has 2 heterocycles. The van der Waals surface area contributed by atoms with Crippen molar-refractivity contribution >= 4 is 17.2 Å². The lowest BCUT2D eigenvalue weighted by Crippen LogP contribution is -2.44. The van der Waals surface area contributed by atoms with E-state index in [1.165, 1.54) is 10.4 Å². The van der Waals surface area contributed by atoms with E-state index in [0.717, 1.165) is 13.0 Å². The molecule has 0 spiro atoms. The SMILES string of the molecule is COc1ccccc1C(=O)NCCN1C(C)Cc2ccsc2C1C. The van der Waals surface area contributed by atoms with Gasteiger partial charge >= 0.3 is 0 Å². The molecule has 1 amide bonds. The van der Waals surface area contributed by atoms with E-state index in [1.54, 1.807) is 13.2 Å². The van der Waals surface area contributed by atoms with Gasteiger partial charge in [0.25, 0.3) is 5.91 Å². The number of carbonyl (C=O) groups excluding carboxylic acids is 1. The number of rotatable bonds is 5. The second-order valence-corrected chi connectivity index (χ2v) is 7.18. The van der Waals surface area contributed by atoms with Gasteiger partial charge in [-0.15, -0.1) is 11.3 Å². The molecule has 1 aromatic heterocycles. The van der Waals surface area contributed by atoms with Gasteiger partial charge in [-0.05, 0) is 49.4 Å². The van der Waals surface area contributed by atoms with Crippen molar-refractivity contribution in [1.82, 2.24) is 10.2 Å². The van der Waals surface area contributed by atoms with Crippen LogP contribution < -0.4 is 10.1 Å². The molecule has 1 N–H and O–H groups in total. The first kappa shape index (κ1) is 17.0. The first-order valence-electron chi connectivity index (χ1n) is 8.35. The summed E-state index contributed by atoms with van der Waals surface area (Å²) in [5, 5.41) is 5.20. The Hall–Kier alpha value is -1.85. The molecule has 0 bridgehead atoms. The predicted molar refractivity (Wildman–Crippen MR) is 97.9 cm³/mol. The smallest absolute Gasteiger partial charge is 0.255 e. The summed E-state index contributed by atoms with van der Waals surface area (Å²) in [7, 11) is 1.59. The minimum absolute atomic E-state index is 0.0819. The molecule has 2 aromatic rings. The first-order valence-corrected chi connectivity index (χ1v) is 9.23. The van der Waals surface area contributed by atoms with Gasteiger partial charge in [0.2, 0.25) is 0 Å². The fourth-order valence-electron chi connectivity index (χ4n) is 3.49. The Labute approximate surface area is 147 Å². The average Bonchev–Trinajstić information content (AvgIpc) is 3.06. The number of thiophene rings is 1. The molecule has 2 unspecified atom stereocenters. The number of para-hydroxylation sites is 1. The van der Waals surface area contributed by atoms with Crippen molar-refractivity contribution in [3.05, 3.63) is 51.7 Å². The van der Waals surface area contributed by atoms with Gasteiger partial charge in [0, 0.05) is 30.1 Å². The number of carbonyl (C=O) groups is 1. The molecule has 128 valence electrons. The van der Waals surface area contributed by atoms with Gasteiger partial charge in [0.15, 0.2) is 0 Å². The van der Waals surface area contributed by atoms with E-state index in [1.807, 2.05) is 29.5 Å².